The number of ether oxygens (including phenoxy) is 2. The molecule has 0 aliphatic carbocycles. The second kappa shape index (κ2) is 9.20. The molecule has 2 aromatic carbocycles. The van der Waals surface area contributed by atoms with Crippen LogP contribution in [0.25, 0.3) is 0 Å². The summed E-state index contributed by atoms with van der Waals surface area (Å²) in [5.74, 6) is -0.112. The Labute approximate surface area is 170 Å². The van der Waals surface area contributed by atoms with Gasteiger partial charge in [0.15, 0.2) is 0 Å². The van der Waals surface area contributed by atoms with Crippen LogP contribution in [-0.2, 0) is 25.6 Å². The molecule has 0 unspecified atom stereocenters. The molecule has 2 aromatic rings. The number of nitrogens with one attached hydrogen (secondary N) is 1. The highest BCUT2D eigenvalue weighted by molar-refractivity contribution is 5.97. The molecule has 0 aromatic heterocycles. The predicted molar refractivity (Wildman–Crippen MR) is 111 cm³/mol. The first kappa shape index (κ1) is 19.6. The lowest BCUT2D eigenvalue weighted by atomic mass is 10.1. The summed E-state index contributed by atoms with van der Waals surface area (Å²) in [4.78, 5) is 27.0. The van der Waals surface area contributed by atoms with Crippen molar-refractivity contribution < 1.29 is 19.1 Å². The van der Waals surface area contributed by atoms with Gasteiger partial charge in [-0.15, -0.1) is 0 Å². The topological polar surface area (TPSA) is 67.9 Å². The van der Waals surface area contributed by atoms with Crippen LogP contribution in [-0.4, -0.2) is 37.2 Å². The number of carbonyl (C=O) groups excluding carboxylic acids is 2. The Morgan fingerprint density at radius 1 is 0.897 bits per heavy atom. The molecule has 0 radical (unpaired) electrons. The summed E-state index contributed by atoms with van der Waals surface area (Å²) in [5.41, 5.74) is 2.56. The zero-order valence-corrected chi connectivity index (χ0v) is 16.4. The number of para-hydroxylation sites is 1. The average molecular weight is 394 g/mol. The smallest absolute Gasteiger partial charge is 0.256 e. The molecule has 1 N–H and O–H groups in total. The fraction of sp³-hybridized carbons (Fsp3) is 0.391. The lowest BCUT2D eigenvalue weighted by molar-refractivity contribution is -0.127. The summed E-state index contributed by atoms with van der Waals surface area (Å²) in [5, 5.41) is 2.90. The van der Waals surface area contributed by atoms with Crippen LogP contribution in [0, 0.1) is 0 Å². The summed E-state index contributed by atoms with van der Waals surface area (Å²) < 4.78 is 11.0. The molecule has 2 amide bonds. The van der Waals surface area contributed by atoms with Gasteiger partial charge in [-0.1, -0.05) is 30.3 Å². The number of anilines is 2. The van der Waals surface area contributed by atoms with Crippen LogP contribution in [0.3, 0.4) is 0 Å². The van der Waals surface area contributed by atoms with Gasteiger partial charge in [0, 0.05) is 24.6 Å². The summed E-state index contributed by atoms with van der Waals surface area (Å²) in [6.07, 6.45) is 2.63. The minimum absolute atomic E-state index is 0.00976. The van der Waals surface area contributed by atoms with Crippen LogP contribution in [0.1, 0.15) is 31.2 Å². The number of hydrogen-bond donors (Lipinski definition) is 1. The fourth-order valence-corrected chi connectivity index (χ4v) is 3.73. The van der Waals surface area contributed by atoms with E-state index in [9.17, 15) is 9.59 Å². The summed E-state index contributed by atoms with van der Waals surface area (Å²) in [7, 11) is 0. The monoisotopic (exact) mass is 394 g/mol. The highest BCUT2D eigenvalue weighted by Gasteiger charge is 2.29. The quantitative estimate of drug-likeness (QED) is 0.814. The molecule has 2 atom stereocenters. The summed E-state index contributed by atoms with van der Waals surface area (Å²) >= 11 is 0. The number of hydrogen-bond acceptors (Lipinski definition) is 4. The molecule has 0 spiro atoms. The van der Waals surface area contributed by atoms with Crippen LogP contribution in [0.2, 0.25) is 0 Å². The predicted octanol–water partition coefficient (Wildman–Crippen LogP) is 3.52. The Bertz CT molecular complexity index is 826. The van der Waals surface area contributed by atoms with Gasteiger partial charge in [0.05, 0.1) is 6.54 Å². The Morgan fingerprint density at radius 3 is 2.17 bits per heavy atom. The number of benzene rings is 2. The summed E-state index contributed by atoms with van der Waals surface area (Å²) in [6, 6.07) is 17.2. The standard InChI is InChI=1S/C23H26N2O4/c26-22(20-8-4-14-28-20)24-18-12-10-17(11-13-18)16-25(19-6-2-1-3-7-19)23(27)21-9-5-15-29-21/h1-3,6-7,10-13,20-21H,4-5,8-9,14-16H2,(H,24,26)/t20-,21-/m1/s1. The molecular formula is C23H26N2O4. The van der Waals surface area contributed by atoms with Crippen LogP contribution < -0.4 is 10.2 Å². The SMILES string of the molecule is O=C(Nc1ccc(CN(C(=O)[C@H]2CCCO2)c2ccccc2)cc1)[C@H]1CCCO1. The van der Waals surface area contributed by atoms with Gasteiger partial charge >= 0.3 is 0 Å². The Hall–Kier alpha value is -2.70. The maximum atomic E-state index is 13.0. The lowest BCUT2D eigenvalue weighted by Gasteiger charge is -2.25. The van der Waals surface area contributed by atoms with Crippen molar-refractivity contribution in [3.8, 4) is 0 Å². The van der Waals surface area contributed by atoms with Gasteiger partial charge in [-0.25, -0.2) is 0 Å². The third kappa shape index (κ3) is 4.83. The zero-order valence-electron chi connectivity index (χ0n) is 16.4. The van der Waals surface area contributed by atoms with E-state index in [1.54, 1.807) is 4.90 Å². The van der Waals surface area contributed by atoms with E-state index in [0.29, 0.717) is 19.8 Å². The highest BCUT2D eigenvalue weighted by atomic mass is 16.5. The van der Waals surface area contributed by atoms with Crippen molar-refractivity contribution in [1.82, 2.24) is 0 Å². The van der Waals surface area contributed by atoms with Crippen molar-refractivity contribution in [2.45, 2.75) is 44.4 Å². The van der Waals surface area contributed by atoms with Crippen molar-refractivity contribution in [3.05, 3.63) is 60.2 Å². The van der Waals surface area contributed by atoms with Crippen molar-refractivity contribution >= 4 is 23.2 Å². The largest absolute Gasteiger partial charge is 0.368 e. The molecule has 4 rings (SSSR count). The van der Waals surface area contributed by atoms with E-state index in [-0.39, 0.29) is 24.0 Å². The molecular weight excluding hydrogens is 368 g/mol. The van der Waals surface area contributed by atoms with Crippen LogP contribution in [0.5, 0.6) is 0 Å². The van der Waals surface area contributed by atoms with Gasteiger partial charge in [-0.3, -0.25) is 9.59 Å². The number of carbonyl (C=O) groups is 2. The molecule has 2 aliphatic rings. The van der Waals surface area contributed by atoms with Gasteiger partial charge < -0.3 is 19.7 Å². The Balaban J connectivity index is 1.45. The first-order valence-electron chi connectivity index (χ1n) is 10.2. The molecule has 0 bridgehead atoms. The van der Waals surface area contributed by atoms with Gasteiger partial charge in [0.1, 0.15) is 12.2 Å². The van der Waals surface area contributed by atoms with Crippen LogP contribution in [0.4, 0.5) is 11.4 Å². The summed E-state index contributed by atoms with van der Waals surface area (Å²) in [6.45, 7) is 1.73. The molecule has 0 saturated carbocycles. The minimum Gasteiger partial charge on any atom is -0.368 e. The van der Waals surface area contributed by atoms with Crippen molar-refractivity contribution in [2.24, 2.45) is 0 Å². The molecule has 2 saturated heterocycles. The van der Waals surface area contributed by atoms with E-state index < -0.39 is 0 Å². The third-order valence-corrected chi connectivity index (χ3v) is 5.32. The van der Waals surface area contributed by atoms with E-state index in [1.165, 1.54) is 0 Å². The maximum absolute atomic E-state index is 13.0. The average Bonchev–Trinajstić information content (AvgIpc) is 3.47. The van der Waals surface area contributed by atoms with E-state index >= 15 is 0 Å². The Morgan fingerprint density at radius 2 is 1.55 bits per heavy atom. The molecule has 6 nitrogen and oxygen atoms in total. The van der Waals surface area contributed by atoms with Gasteiger partial charge in [-0.05, 0) is 55.5 Å². The van der Waals surface area contributed by atoms with Gasteiger partial charge in [-0.2, -0.15) is 0 Å². The zero-order chi connectivity index (χ0) is 20.1. The normalized spacial score (nSPS) is 21.1. The molecule has 2 aliphatic heterocycles. The van der Waals surface area contributed by atoms with Crippen molar-refractivity contribution in [1.29, 1.82) is 0 Å². The first-order valence-corrected chi connectivity index (χ1v) is 10.2. The molecule has 2 fully saturated rings. The number of nitrogens with zero attached hydrogens (tertiary/aromatic N) is 1. The van der Waals surface area contributed by atoms with Gasteiger partial charge in [0.25, 0.3) is 11.8 Å². The van der Waals surface area contributed by atoms with Crippen LogP contribution in [0.15, 0.2) is 54.6 Å². The molecule has 2 heterocycles. The minimum atomic E-state index is -0.375. The van der Waals surface area contributed by atoms with Gasteiger partial charge in [0.2, 0.25) is 0 Å². The third-order valence-electron chi connectivity index (χ3n) is 5.32. The van der Waals surface area contributed by atoms with E-state index in [0.717, 1.165) is 42.6 Å². The van der Waals surface area contributed by atoms with Crippen molar-refractivity contribution in [2.75, 3.05) is 23.4 Å². The van der Waals surface area contributed by atoms with Crippen molar-refractivity contribution in [3.63, 3.8) is 0 Å². The van der Waals surface area contributed by atoms with E-state index in [4.69, 9.17) is 9.47 Å². The maximum Gasteiger partial charge on any atom is 0.256 e. The highest BCUT2D eigenvalue weighted by Crippen LogP contribution is 2.23. The Kier molecular flexibility index (Phi) is 6.22. The first-order chi connectivity index (χ1) is 14.2. The molecule has 152 valence electrons. The second-order valence-corrected chi connectivity index (χ2v) is 7.45. The van der Waals surface area contributed by atoms with Crippen LogP contribution >= 0.6 is 0 Å². The van der Waals surface area contributed by atoms with E-state index in [1.807, 2.05) is 54.6 Å². The number of rotatable bonds is 6. The second-order valence-electron chi connectivity index (χ2n) is 7.45. The lowest BCUT2D eigenvalue weighted by Crippen LogP contribution is -2.38. The number of amides is 2. The van der Waals surface area contributed by atoms with E-state index in [2.05, 4.69) is 5.32 Å². The fourth-order valence-electron chi connectivity index (χ4n) is 3.73. The molecule has 6 heteroatoms. The molecule has 29 heavy (non-hydrogen) atoms.